The minimum absolute atomic E-state index is 0.0487. The highest BCUT2D eigenvalue weighted by Gasteiger charge is 2.29. The van der Waals surface area contributed by atoms with E-state index in [9.17, 15) is 18.3 Å². The standard InChI is InChI=1S/C26H28N2O4S2/c29-26(30)24-19-23(33-18-15-20-7-3-1-4-8-20)11-12-25(24)27-34(31,32)28-16-13-22(14-17-28)21-9-5-2-6-10-21/h1-12,19,22,27H,13-18H2,(H,29,30). The van der Waals surface area contributed by atoms with Gasteiger partial charge in [-0.3, -0.25) is 4.72 Å². The summed E-state index contributed by atoms with van der Waals surface area (Å²) in [4.78, 5) is 12.7. The number of piperidine rings is 1. The van der Waals surface area contributed by atoms with Crippen molar-refractivity contribution in [3.05, 3.63) is 95.6 Å². The van der Waals surface area contributed by atoms with E-state index >= 15 is 0 Å². The SMILES string of the molecule is O=C(O)c1cc(SCCc2ccccc2)ccc1NS(=O)(=O)N1CCC(c2ccccc2)CC1. The number of anilines is 1. The van der Waals surface area contributed by atoms with Gasteiger partial charge < -0.3 is 5.11 Å². The first kappa shape index (κ1) is 24.3. The fourth-order valence-corrected chi connectivity index (χ4v) is 6.38. The van der Waals surface area contributed by atoms with E-state index in [0.717, 1.165) is 29.9 Å². The predicted molar refractivity (Wildman–Crippen MR) is 137 cm³/mol. The number of hydrogen-bond acceptors (Lipinski definition) is 4. The van der Waals surface area contributed by atoms with Gasteiger partial charge in [-0.05, 0) is 54.5 Å². The largest absolute Gasteiger partial charge is 0.478 e. The topological polar surface area (TPSA) is 86.7 Å². The van der Waals surface area contributed by atoms with Crippen molar-refractivity contribution in [2.75, 3.05) is 23.6 Å². The molecule has 8 heteroatoms. The number of hydrogen-bond donors (Lipinski definition) is 2. The molecule has 1 aliphatic heterocycles. The lowest BCUT2D eigenvalue weighted by atomic mass is 9.90. The molecule has 0 unspecified atom stereocenters. The van der Waals surface area contributed by atoms with Crippen molar-refractivity contribution in [3.63, 3.8) is 0 Å². The fraction of sp³-hybridized carbons (Fsp3) is 0.269. The molecule has 1 saturated heterocycles. The summed E-state index contributed by atoms with van der Waals surface area (Å²) in [7, 11) is -3.85. The Kier molecular flexibility index (Phi) is 7.92. The van der Waals surface area contributed by atoms with Gasteiger partial charge in [-0.15, -0.1) is 11.8 Å². The van der Waals surface area contributed by atoms with Gasteiger partial charge in [-0.2, -0.15) is 12.7 Å². The van der Waals surface area contributed by atoms with E-state index in [1.165, 1.54) is 21.5 Å². The van der Waals surface area contributed by atoms with Crippen LogP contribution in [0.15, 0.2) is 83.8 Å². The van der Waals surface area contributed by atoms with Gasteiger partial charge >= 0.3 is 16.2 Å². The molecular weight excluding hydrogens is 468 g/mol. The van der Waals surface area contributed by atoms with Crippen molar-refractivity contribution in [1.82, 2.24) is 4.31 Å². The van der Waals surface area contributed by atoms with Gasteiger partial charge in [-0.1, -0.05) is 60.7 Å². The van der Waals surface area contributed by atoms with Crippen molar-refractivity contribution < 1.29 is 18.3 Å². The summed E-state index contributed by atoms with van der Waals surface area (Å²) in [6.45, 7) is 0.787. The molecule has 6 nitrogen and oxygen atoms in total. The molecule has 0 aliphatic carbocycles. The molecule has 3 aromatic carbocycles. The third-order valence-electron chi connectivity index (χ3n) is 6.03. The Morgan fingerprint density at radius 2 is 1.62 bits per heavy atom. The monoisotopic (exact) mass is 496 g/mol. The van der Waals surface area contributed by atoms with Crippen molar-refractivity contribution in [1.29, 1.82) is 0 Å². The molecule has 178 valence electrons. The van der Waals surface area contributed by atoms with Crippen LogP contribution >= 0.6 is 11.8 Å². The van der Waals surface area contributed by atoms with E-state index in [4.69, 9.17) is 0 Å². The molecule has 0 saturated carbocycles. The summed E-state index contributed by atoms with van der Waals surface area (Å²) >= 11 is 1.55. The van der Waals surface area contributed by atoms with Crippen LogP contribution in [0.5, 0.6) is 0 Å². The normalized spacial score (nSPS) is 15.2. The highest BCUT2D eigenvalue weighted by molar-refractivity contribution is 7.99. The molecule has 4 rings (SSSR count). The van der Waals surface area contributed by atoms with Crippen LogP contribution in [0, 0.1) is 0 Å². The van der Waals surface area contributed by atoms with Gasteiger partial charge in [0.2, 0.25) is 0 Å². The van der Waals surface area contributed by atoms with Gasteiger partial charge in [0.25, 0.3) is 0 Å². The Morgan fingerprint density at radius 1 is 0.971 bits per heavy atom. The number of thioether (sulfide) groups is 1. The zero-order valence-corrected chi connectivity index (χ0v) is 20.4. The van der Waals surface area contributed by atoms with Crippen molar-refractivity contribution in [2.45, 2.75) is 30.1 Å². The second-order valence-corrected chi connectivity index (χ2v) is 11.1. The Balaban J connectivity index is 1.39. The van der Waals surface area contributed by atoms with E-state index in [0.29, 0.717) is 19.0 Å². The van der Waals surface area contributed by atoms with Crippen molar-refractivity contribution in [3.8, 4) is 0 Å². The van der Waals surface area contributed by atoms with E-state index in [1.807, 2.05) is 36.4 Å². The summed E-state index contributed by atoms with van der Waals surface area (Å²) in [6, 6.07) is 25.0. The smallest absolute Gasteiger partial charge is 0.337 e. The van der Waals surface area contributed by atoms with E-state index in [-0.39, 0.29) is 11.3 Å². The molecule has 1 heterocycles. The lowest BCUT2D eigenvalue weighted by Crippen LogP contribution is -2.41. The third-order valence-corrected chi connectivity index (χ3v) is 8.55. The summed E-state index contributed by atoms with van der Waals surface area (Å²) in [5, 5.41) is 9.70. The van der Waals surface area contributed by atoms with Gasteiger partial charge in [0, 0.05) is 23.7 Å². The maximum absolute atomic E-state index is 13.0. The number of nitrogens with zero attached hydrogens (tertiary/aromatic N) is 1. The van der Waals surface area contributed by atoms with Crippen molar-refractivity contribution >= 4 is 33.6 Å². The van der Waals surface area contributed by atoms with Gasteiger partial charge in [0.15, 0.2) is 0 Å². The molecule has 0 bridgehead atoms. The molecule has 0 radical (unpaired) electrons. The van der Waals surface area contributed by atoms with Crippen LogP contribution in [-0.4, -0.2) is 42.6 Å². The quantitative estimate of drug-likeness (QED) is 0.395. The number of aromatic carboxylic acids is 1. The highest BCUT2D eigenvalue weighted by Crippen LogP contribution is 2.30. The van der Waals surface area contributed by atoms with Crippen LogP contribution in [-0.2, 0) is 16.6 Å². The van der Waals surface area contributed by atoms with Crippen LogP contribution < -0.4 is 4.72 Å². The number of carboxylic acid groups (broad SMARTS) is 1. The summed E-state index contributed by atoms with van der Waals surface area (Å²) in [6.07, 6.45) is 2.32. The predicted octanol–water partition coefficient (Wildman–Crippen LogP) is 5.26. The number of nitrogens with one attached hydrogen (secondary N) is 1. The zero-order valence-electron chi connectivity index (χ0n) is 18.8. The van der Waals surface area contributed by atoms with Crippen LogP contribution in [0.25, 0.3) is 0 Å². The Labute approximate surface area is 205 Å². The fourth-order valence-electron chi connectivity index (χ4n) is 4.17. The highest BCUT2D eigenvalue weighted by atomic mass is 32.2. The first-order valence-corrected chi connectivity index (χ1v) is 13.7. The van der Waals surface area contributed by atoms with Crippen LogP contribution in [0.2, 0.25) is 0 Å². The maximum Gasteiger partial charge on any atom is 0.337 e. The Bertz CT molecular complexity index is 1210. The average molecular weight is 497 g/mol. The van der Waals surface area contributed by atoms with Gasteiger partial charge in [0.05, 0.1) is 11.3 Å². The molecular formula is C26H28N2O4S2. The lowest BCUT2D eigenvalue weighted by molar-refractivity contribution is 0.0697. The van der Waals surface area contributed by atoms with Gasteiger partial charge in [0.1, 0.15) is 0 Å². The third kappa shape index (κ3) is 6.20. The Morgan fingerprint density at radius 3 is 2.26 bits per heavy atom. The molecule has 1 fully saturated rings. The molecule has 0 spiro atoms. The maximum atomic E-state index is 13.0. The molecule has 0 atom stereocenters. The molecule has 0 aromatic heterocycles. The minimum Gasteiger partial charge on any atom is -0.478 e. The first-order chi connectivity index (χ1) is 16.4. The van der Waals surface area contributed by atoms with Crippen LogP contribution in [0.4, 0.5) is 5.69 Å². The molecule has 0 amide bonds. The summed E-state index contributed by atoms with van der Waals surface area (Å²) in [5.41, 5.74) is 2.48. The zero-order chi connectivity index (χ0) is 24.0. The number of carboxylic acids is 1. The van der Waals surface area contributed by atoms with E-state index in [2.05, 4.69) is 29.0 Å². The summed E-state index contributed by atoms with van der Waals surface area (Å²) in [5.74, 6) is -0.0368. The lowest BCUT2D eigenvalue weighted by Gasteiger charge is -2.31. The number of rotatable bonds is 9. The second kappa shape index (κ2) is 11.1. The average Bonchev–Trinajstić information content (AvgIpc) is 2.86. The van der Waals surface area contributed by atoms with E-state index < -0.39 is 16.2 Å². The number of benzene rings is 3. The van der Waals surface area contributed by atoms with E-state index in [1.54, 1.807) is 23.9 Å². The number of carbonyl (C=O) groups is 1. The molecule has 34 heavy (non-hydrogen) atoms. The Hall–Kier alpha value is -2.81. The molecule has 3 aromatic rings. The molecule has 2 N–H and O–H groups in total. The summed E-state index contributed by atoms with van der Waals surface area (Å²) < 4.78 is 29.9. The van der Waals surface area contributed by atoms with Gasteiger partial charge in [-0.25, -0.2) is 4.79 Å². The van der Waals surface area contributed by atoms with Crippen molar-refractivity contribution in [2.24, 2.45) is 0 Å². The second-order valence-electron chi connectivity index (χ2n) is 8.29. The first-order valence-electron chi connectivity index (χ1n) is 11.3. The molecule has 1 aliphatic rings. The van der Waals surface area contributed by atoms with Crippen LogP contribution in [0.1, 0.15) is 40.2 Å². The minimum atomic E-state index is -3.85. The van der Waals surface area contributed by atoms with Crippen LogP contribution in [0.3, 0.4) is 0 Å². The number of aryl methyl sites for hydroxylation is 1.